The van der Waals surface area contributed by atoms with E-state index in [1.165, 1.54) is 17.7 Å². The molecule has 1 aromatic carbocycles. The lowest BCUT2D eigenvalue weighted by atomic mass is 10.1. The van der Waals surface area contributed by atoms with Crippen LogP contribution in [0.3, 0.4) is 0 Å². The van der Waals surface area contributed by atoms with Crippen molar-refractivity contribution in [2.24, 2.45) is 0 Å². The molecular weight excluding hydrogens is 318 g/mol. The average molecular weight is 343 g/mol. The molecule has 0 radical (unpaired) electrons. The van der Waals surface area contributed by atoms with Crippen molar-refractivity contribution >= 4 is 17.2 Å². The van der Waals surface area contributed by atoms with Crippen molar-refractivity contribution in [1.29, 1.82) is 0 Å². The predicted molar refractivity (Wildman–Crippen MR) is 98.4 cm³/mol. The van der Waals surface area contributed by atoms with E-state index in [0.717, 1.165) is 30.6 Å². The Morgan fingerprint density at radius 3 is 2.79 bits per heavy atom. The molecule has 0 bridgehead atoms. The zero-order valence-corrected chi connectivity index (χ0v) is 15.1. The first-order chi connectivity index (χ1) is 11.7. The molecule has 128 valence electrons. The zero-order chi connectivity index (χ0) is 16.8. The number of ether oxygens (including phenoxy) is 1. The summed E-state index contributed by atoms with van der Waals surface area (Å²) in [5.41, 5.74) is 1.14. The molecule has 1 saturated carbocycles. The smallest absolute Gasteiger partial charge is 0.219 e. The summed E-state index contributed by atoms with van der Waals surface area (Å²) in [7, 11) is 0. The van der Waals surface area contributed by atoms with Crippen LogP contribution in [-0.2, 0) is 17.8 Å². The normalized spacial score (nSPS) is 14.7. The first kappa shape index (κ1) is 17.0. The number of rotatable bonds is 7. The minimum atomic E-state index is 0.172. The third kappa shape index (κ3) is 4.60. The molecule has 24 heavy (non-hydrogen) atoms. The molecule has 0 N–H and O–H groups in total. The molecule has 0 atom stereocenters. The number of carbonyl (C=O) groups excluding carboxylic acids is 1. The molecule has 1 aliphatic carbocycles. The van der Waals surface area contributed by atoms with E-state index in [9.17, 15) is 4.79 Å². The van der Waals surface area contributed by atoms with E-state index in [1.54, 1.807) is 18.3 Å². The van der Waals surface area contributed by atoms with Crippen LogP contribution in [0.4, 0.5) is 0 Å². The van der Waals surface area contributed by atoms with E-state index >= 15 is 0 Å². The molecule has 0 aliphatic heterocycles. The summed E-state index contributed by atoms with van der Waals surface area (Å²) >= 11 is 1.76. The molecule has 4 heteroatoms. The van der Waals surface area contributed by atoms with Gasteiger partial charge in [0.05, 0.1) is 6.61 Å². The topological polar surface area (TPSA) is 29.5 Å². The molecule has 1 fully saturated rings. The Morgan fingerprint density at radius 2 is 2.08 bits per heavy atom. The van der Waals surface area contributed by atoms with Crippen LogP contribution < -0.4 is 4.74 Å². The Labute approximate surface area is 148 Å². The van der Waals surface area contributed by atoms with Crippen molar-refractivity contribution < 1.29 is 9.53 Å². The van der Waals surface area contributed by atoms with Gasteiger partial charge < -0.3 is 9.64 Å². The largest absolute Gasteiger partial charge is 0.493 e. The summed E-state index contributed by atoms with van der Waals surface area (Å²) in [5.74, 6) is 1.06. The highest BCUT2D eigenvalue weighted by Crippen LogP contribution is 2.26. The van der Waals surface area contributed by atoms with Crippen molar-refractivity contribution in [3.8, 4) is 5.75 Å². The standard InChI is InChI=1S/C20H25NO2S/c1-16(22)21(18-7-2-3-8-18)15-17-6-4-9-19(14-17)23-12-11-20-10-5-13-24-20/h4-6,9-10,13-14,18H,2-3,7-8,11-12,15H2,1H3. The maximum atomic E-state index is 12.0. The third-order valence-corrected chi connectivity index (χ3v) is 5.55. The highest BCUT2D eigenvalue weighted by atomic mass is 32.1. The van der Waals surface area contributed by atoms with Crippen molar-refractivity contribution in [3.63, 3.8) is 0 Å². The lowest BCUT2D eigenvalue weighted by molar-refractivity contribution is -0.131. The van der Waals surface area contributed by atoms with E-state index < -0.39 is 0 Å². The third-order valence-electron chi connectivity index (χ3n) is 4.62. The lowest BCUT2D eigenvalue weighted by Crippen LogP contribution is -2.36. The Morgan fingerprint density at radius 1 is 1.25 bits per heavy atom. The fraction of sp³-hybridized carbons (Fsp3) is 0.450. The maximum Gasteiger partial charge on any atom is 0.219 e. The lowest BCUT2D eigenvalue weighted by Gasteiger charge is -2.28. The van der Waals surface area contributed by atoms with Gasteiger partial charge in [0.25, 0.3) is 0 Å². The molecule has 3 rings (SSSR count). The Hall–Kier alpha value is -1.81. The van der Waals surface area contributed by atoms with E-state index in [0.29, 0.717) is 19.2 Å². The second-order valence-electron chi connectivity index (χ2n) is 6.41. The Bertz CT molecular complexity index is 647. The quantitative estimate of drug-likeness (QED) is 0.732. The zero-order valence-electron chi connectivity index (χ0n) is 14.2. The molecule has 2 aromatic rings. The Kier molecular flexibility index (Phi) is 5.91. The monoisotopic (exact) mass is 343 g/mol. The first-order valence-electron chi connectivity index (χ1n) is 8.74. The fourth-order valence-corrected chi connectivity index (χ4v) is 4.06. The van der Waals surface area contributed by atoms with E-state index in [2.05, 4.69) is 29.6 Å². The van der Waals surface area contributed by atoms with Gasteiger partial charge in [-0.05, 0) is 42.0 Å². The van der Waals surface area contributed by atoms with Gasteiger partial charge in [-0.25, -0.2) is 0 Å². The molecule has 0 spiro atoms. The Balaban J connectivity index is 1.58. The maximum absolute atomic E-state index is 12.0. The van der Waals surface area contributed by atoms with Gasteiger partial charge in [0.1, 0.15) is 5.75 Å². The van der Waals surface area contributed by atoms with Crippen LogP contribution in [0, 0.1) is 0 Å². The summed E-state index contributed by atoms with van der Waals surface area (Å²) in [5, 5.41) is 2.09. The average Bonchev–Trinajstić information content (AvgIpc) is 3.26. The summed E-state index contributed by atoms with van der Waals surface area (Å²) in [4.78, 5) is 15.4. The number of amides is 1. The van der Waals surface area contributed by atoms with Crippen molar-refractivity contribution in [3.05, 3.63) is 52.2 Å². The van der Waals surface area contributed by atoms with E-state index in [-0.39, 0.29) is 5.91 Å². The van der Waals surface area contributed by atoms with Gasteiger partial charge >= 0.3 is 0 Å². The van der Waals surface area contributed by atoms with Gasteiger partial charge in [-0.15, -0.1) is 11.3 Å². The van der Waals surface area contributed by atoms with Crippen LogP contribution in [0.1, 0.15) is 43.0 Å². The van der Waals surface area contributed by atoms with Gasteiger partial charge in [-0.1, -0.05) is 31.0 Å². The molecule has 0 saturated heterocycles. The first-order valence-corrected chi connectivity index (χ1v) is 9.61. The molecule has 3 nitrogen and oxygen atoms in total. The minimum Gasteiger partial charge on any atom is -0.493 e. The SMILES string of the molecule is CC(=O)N(Cc1cccc(OCCc2cccs2)c1)C1CCCC1. The molecule has 1 aromatic heterocycles. The summed E-state index contributed by atoms with van der Waals surface area (Å²) in [6, 6.07) is 12.8. The van der Waals surface area contributed by atoms with Crippen LogP contribution in [0.25, 0.3) is 0 Å². The van der Waals surface area contributed by atoms with Crippen LogP contribution >= 0.6 is 11.3 Å². The highest BCUT2D eigenvalue weighted by molar-refractivity contribution is 7.09. The number of thiophene rings is 1. The van der Waals surface area contributed by atoms with Gasteiger partial charge in [0.15, 0.2) is 0 Å². The second kappa shape index (κ2) is 8.34. The van der Waals surface area contributed by atoms with Gasteiger partial charge in [0.2, 0.25) is 5.91 Å². The van der Waals surface area contributed by atoms with Crippen molar-refractivity contribution in [1.82, 2.24) is 4.90 Å². The summed E-state index contributed by atoms with van der Waals surface area (Å²) in [6.07, 6.45) is 5.68. The number of benzene rings is 1. The summed E-state index contributed by atoms with van der Waals surface area (Å²) in [6.45, 7) is 3.05. The van der Waals surface area contributed by atoms with E-state index in [1.807, 2.05) is 17.0 Å². The van der Waals surface area contributed by atoms with Crippen LogP contribution in [0.15, 0.2) is 41.8 Å². The number of hydrogen-bond acceptors (Lipinski definition) is 3. The van der Waals surface area contributed by atoms with Crippen molar-refractivity contribution in [2.45, 2.75) is 51.6 Å². The molecule has 1 heterocycles. The van der Waals surface area contributed by atoms with Crippen LogP contribution in [0.2, 0.25) is 0 Å². The highest BCUT2D eigenvalue weighted by Gasteiger charge is 2.24. The fourth-order valence-electron chi connectivity index (χ4n) is 3.37. The molecular formula is C20H25NO2S. The van der Waals surface area contributed by atoms with Gasteiger partial charge in [0, 0.05) is 30.8 Å². The number of nitrogens with zero attached hydrogens (tertiary/aromatic N) is 1. The van der Waals surface area contributed by atoms with Crippen LogP contribution in [0.5, 0.6) is 5.75 Å². The van der Waals surface area contributed by atoms with Gasteiger partial charge in [-0.2, -0.15) is 0 Å². The van der Waals surface area contributed by atoms with Gasteiger partial charge in [-0.3, -0.25) is 4.79 Å². The predicted octanol–water partition coefficient (Wildman–Crippen LogP) is 4.66. The summed E-state index contributed by atoms with van der Waals surface area (Å²) < 4.78 is 5.89. The number of hydrogen-bond donors (Lipinski definition) is 0. The number of carbonyl (C=O) groups is 1. The molecule has 0 unspecified atom stereocenters. The minimum absolute atomic E-state index is 0.172. The van der Waals surface area contributed by atoms with Crippen molar-refractivity contribution in [2.75, 3.05) is 6.61 Å². The molecule has 1 aliphatic rings. The molecule has 1 amide bonds. The van der Waals surface area contributed by atoms with E-state index in [4.69, 9.17) is 4.74 Å². The second-order valence-corrected chi connectivity index (χ2v) is 7.44. The van der Waals surface area contributed by atoms with Crippen LogP contribution in [-0.4, -0.2) is 23.5 Å².